The Morgan fingerprint density at radius 2 is 2.00 bits per heavy atom. The van der Waals surface area contributed by atoms with Gasteiger partial charge in [0.15, 0.2) is 5.82 Å². The first kappa shape index (κ1) is 14.0. The molecule has 7 heteroatoms. The second kappa shape index (κ2) is 6.04. The van der Waals surface area contributed by atoms with Crippen molar-refractivity contribution in [1.82, 2.24) is 10.2 Å². The highest BCUT2D eigenvalue weighted by Gasteiger charge is 2.08. The molecule has 5 nitrogen and oxygen atoms in total. The van der Waals surface area contributed by atoms with E-state index in [0.29, 0.717) is 19.2 Å². The number of benzene rings is 1. The molecule has 0 atom stereocenters. The zero-order chi connectivity index (χ0) is 13.7. The number of nitrogens with zero attached hydrogens (tertiary/aromatic N) is 1. The summed E-state index contributed by atoms with van der Waals surface area (Å²) in [6.45, 7) is 0.626. The first-order chi connectivity index (χ1) is 8.41. The number of halogens is 2. The van der Waals surface area contributed by atoms with Crippen LogP contribution in [0.4, 0.5) is 25.0 Å². The molecule has 0 radical (unpaired) electrons. The van der Waals surface area contributed by atoms with Gasteiger partial charge in [0, 0.05) is 33.3 Å². The number of urea groups is 1. The van der Waals surface area contributed by atoms with Crippen LogP contribution in [0.2, 0.25) is 0 Å². The van der Waals surface area contributed by atoms with E-state index in [0.717, 1.165) is 6.07 Å². The highest BCUT2D eigenvalue weighted by atomic mass is 19.1. The van der Waals surface area contributed by atoms with Crippen LogP contribution in [0.15, 0.2) is 12.1 Å². The molecular weight excluding hydrogens is 242 g/mol. The van der Waals surface area contributed by atoms with Crippen LogP contribution in [-0.2, 0) is 0 Å². The van der Waals surface area contributed by atoms with E-state index >= 15 is 0 Å². The number of carbonyl (C=O) groups excluding carboxylic acids is 1. The fourth-order valence-corrected chi connectivity index (χ4v) is 1.26. The lowest BCUT2D eigenvalue weighted by atomic mass is 10.2. The van der Waals surface area contributed by atoms with Gasteiger partial charge in [-0.15, -0.1) is 0 Å². The first-order valence-electron chi connectivity index (χ1n) is 5.35. The number of carbonyl (C=O) groups is 1. The minimum Gasteiger partial charge on any atom is -0.395 e. The quantitative estimate of drug-likeness (QED) is 0.562. The van der Waals surface area contributed by atoms with E-state index in [4.69, 9.17) is 5.73 Å². The minimum atomic E-state index is -0.810. The van der Waals surface area contributed by atoms with Crippen molar-refractivity contribution in [2.75, 3.05) is 38.2 Å². The summed E-state index contributed by atoms with van der Waals surface area (Å²) in [5.41, 5.74) is 5.47. The van der Waals surface area contributed by atoms with E-state index in [2.05, 4.69) is 10.6 Å². The Bertz CT molecular complexity index is 437. The lowest BCUT2D eigenvalue weighted by Crippen LogP contribution is -2.37. The van der Waals surface area contributed by atoms with Crippen molar-refractivity contribution < 1.29 is 13.6 Å². The maximum absolute atomic E-state index is 13.1. The second-order valence-electron chi connectivity index (χ2n) is 3.90. The van der Waals surface area contributed by atoms with E-state index in [9.17, 15) is 13.6 Å². The zero-order valence-corrected chi connectivity index (χ0v) is 10.3. The smallest absolute Gasteiger partial charge is 0.316 e. The van der Waals surface area contributed by atoms with Gasteiger partial charge in [0.1, 0.15) is 5.82 Å². The Morgan fingerprint density at radius 3 is 2.61 bits per heavy atom. The van der Waals surface area contributed by atoms with Crippen LogP contribution in [0, 0.1) is 11.6 Å². The predicted octanol–water partition coefficient (Wildman–Crippen LogP) is 1.23. The normalized spacial score (nSPS) is 10.0. The number of hydrogen-bond donors (Lipinski definition) is 3. The number of nitrogens with one attached hydrogen (secondary N) is 2. The SMILES string of the molecule is CN(C)C(=O)NCCNc1cc(F)cc(F)c1N. The van der Waals surface area contributed by atoms with Gasteiger partial charge >= 0.3 is 6.03 Å². The third-order valence-electron chi connectivity index (χ3n) is 2.22. The van der Waals surface area contributed by atoms with Gasteiger partial charge in [0.2, 0.25) is 0 Å². The molecule has 4 N–H and O–H groups in total. The van der Waals surface area contributed by atoms with E-state index in [1.807, 2.05) is 0 Å². The Kier molecular flexibility index (Phi) is 4.70. The van der Waals surface area contributed by atoms with Crippen LogP contribution in [0.25, 0.3) is 0 Å². The van der Waals surface area contributed by atoms with Crippen molar-refractivity contribution >= 4 is 17.4 Å². The molecule has 0 aromatic heterocycles. The first-order valence-corrected chi connectivity index (χ1v) is 5.35. The third-order valence-corrected chi connectivity index (χ3v) is 2.22. The Balaban J connectivity index is 2.47. The molecule has 2 amide bonds. The van der Waals surface area contributed by atoms with Gasteiger partial charge in [-0.05, 0) is 6.07 Å². The van der Waals surface area contributed by atoms with Gasteiger partial charge in [0.25, 0.3) is 0 Å². The molecule has 0 heterocycles. The summed E-state index contributed by atoms with van der Waals surface area (Å²) in [6.07, 6.45) is 0. The maximum atomic E-state index is 13.1. The van der Waals surface area contributed by atoms with Crippen molar-refractivity contribution in [3.05, 3.63) is 23.8 Å². The molecule has 0 saturated heterocycles. The van der Waals surface area contributed by atoms with E-state index < -0.39 is 11.6 Å². The predicted molar refractivity (Wildman–Crippen MR) is 66.3 cm³/mol. The molecule has 0 spiro atoms. The molecule has 0 aliphatic carbocycles. The van der Waals surface area contributed by atoms with Gasteiger partial charge in [-0.2, -0.15) is 0 Å². The topological polar surface area (TPSA) is 70.4 Å². The summed E-state index contributed by atoms with van der Waals surface area (Å²) in [5, 5.41) is 5.35. The molecule has 0 unspecified atom stereocenters. The molecule has 1 aromatic rings. The van der Waals surface area contributed by atoms with Crippen LogP contribution in [0.5, 0.6) is 0 Å². The average molecular weight is 258 g/mol. The number of hydrogen-bond acceptors (Lipinski definition) is 3. The Labute approximate surface area is 104 Å². The van der Waals surface area contributed by atoms with Gasteiger partial charge in [-0.1, -0.05) is 0 Å². The molecule has 0 aliphatic rings. The van der Waals surface area contributed by atoms with Crippen LogP contribution in [-0.4, -0.2) is 38.1 Å². The molecule has 0 saturated carbocycles. The zero-order valence-electron chi connectivity index (χ0n) is 10.3. The minimum absolute atomic E-state index is 0.143. The van der Waals surface area contributed by atoms with Crippen LogP contribution in [0.1, 0.15) is 0 Å². The molecule has 0 aliphatic heterocycles. The maximum Gasteiger partial charge on any atom is 0.316 e. The van der Waals surface area contributed by atoms with Crippen molar-refractivity contribution in [1.29, 1.82) is 0 Å². The van der Waals surface area contributed by atoms with E-state index in [-0.39, 0.29) is 17.4 Å². The molecule has 1 rings (SSSR count). The van der Waals surface area contributed by atoms with E-state index in [1.54, 1.807) is 14.1 Å². The molecular formula is C11H16F2N4O. The summed E-state index contributed by atoms with van der Waals surface area (Å²) in [7, 11) is 3.23. The van der Waals surface area contributed by atoms with Crippen LogP contribution < -0.4 is 16.4 Å². The van der Waals surface area contributed by atoms with Crippen molar-refractivity contribution in [2.24, 2.45) is 0 Å². The van der Waals surface area contributed by atoms with Gasteiger partial charge in [0.05, 0.1) is 11.4 Å². The monoisotopic (exact) mass is 258 g/mol. The standard InChI is InChI=1S/C11H16F2N4O/c1-17(2)11(18)16-4-3-15-9-6-7(12)5-8(13)10(9)14/h5-6,15H,3-4,14H2,1-2H3,(H,16,18). The van der Waals surface area contributed by atoms with Crippen LogP contribution >= 0.6 is 0 Å². The summed E-state index contributed by atoms with van der Waals surface area (Å²) in [5.74, 6) is -1.52. The Morgan fingerprint density at radius 1 is 1.33 bits per heavy atom. The molecule has 0 bridgehead atoms. The lowest BCUT2D eigenvalue weighted by Gasteiger charge is -2.13. The highest BCUT2D eigenvalue weighted by molar-refractivity contribution is 5.73. The molecule has 0 fully saturated rings. The summed E-state index contributed by atoms with van der Waals surface area (Å²) in [6, 6.07) is 1.58. The number of nitrogens with two attached hydrogens (primary N) is 1. The third kappa shape index (κ3) is 3.76. The number of anilines is 2. The number of amides is 2. The fourth-order valence-electron chi connectivity index (χ4n) is 1.26. The van der Waals surface area contributed by atoms with Crippen molar-refractivity contribution in [3.63, 3.8) is 0 Å². The van der Waals surface area contributed by atoms with Crippen molar-refractivity contribution in [2.45, 2.75) is 0 Å². The average Bonchev–Trinajstić information content (AvgIpc) is 2.29. The van der Waals surface area contributed by atoms with Crippen molar-refractivity contribution in [3.8, 4) is 0 Å². The van der Waals surface area contributed by atoms with Gasteiger partial charge in [-0.25, -0.2) is 13.6 Å². The van der Waals surface area contributed by atoms with Gasteiger partial charge < -0.3 is 21.3 Å². The Hall–Kier alpha value is -2.05. The molecule has 18 heavy (non-hydrogen) atoms. The van der Waals surface area contributed by atoms with E-state index in [1.165, 1.54) is 4.90 Å². The molecule has 1 aromatic carbocycles. The lowest BCUT2D eigenvalue weighted by molar-refractivity contribution is 0.218. The second-order valence-corrected chi connectivity index (χ2v) is 3.90. The van der Waals surface area contributed by atoms with Crippen LogP contribution in [0.3, 0.4) is 0 Å². The largest absolute Gasteiger partial charge is 0.395 e. The van der Waals surface area contributed by atoms with Gasteiger partial charge in [-0.3, -0.25) is 0 Å². The summed E-state index contributed by atoms with van der Waals surface area (Å²) < 4.78 is 26.0. The number of rotatable bonds is 4. The highest BCUT2D eigenvalue weighted by Crippen LogP contribution is 2.22. The summed E-state index contributed by atoms with van der Waals surface area (Å²) >= 11 is 0. The summed E-state index contributed by atoms with van der Waals surface area (Å²) in [4.78, 5) is 12.6. The fraction of sp³-hybridized carbons (Fsp3) is 0.364. The number of nitrogen functional groups attached to an aromatic ring is 1. The molecule has 100 valence electrons.